The molecule has 0 radical (unpaired) electrons. The minimum atomic E-state index is -0.222. The Balaban J connectivity index is 1.47. The van der Waals surface area contributed by atoms with Gasteiger partial charge in [0, 0.05) is 19.2 Å². The number of hydrogen-bond acceptors (Lipinski definition) is 5. The summed E-state index contributed by atoms with van der Waals surface area (Å²) >= 11 is 0. The molecule has 170 valence electrons. The maximum Gasteiger partial charge on any atom is 0.171 e. The summed E-state index contributed by atoms with van der Waals surface area (Å²) in [6.07, 6.45) is 8.66. The van der Waals surface area contributed by atoms with Gasteiger partial charge < -0.3 is 19.0 Å². The van der Waals surface area contributed by atoms with Gasteiger partial charge in [0.05, 0.1) is 30.9 Å². The van der Waals surface area contributed by atoms with Crippen LogP contribution in [0.1, 0.15) is 42.1 Å². The van der Waals surface area contributed by atoms with Gasteiger partial charge in [0.2, 0.25) is 0 Å². The van der Waals surface area contributed by atoms with E-state index < -0.39 is 0 Å². The van der Waals surface area contributed by atoms with E-state index in [0.717, 1.165) is 65.5 Å². The molecule has 2 aliphatic heterocycles. The summed E-state index contributed by atoms with van der Waals surface area (Å²) in [6, 6.07) is 13.0. The van der Waals surface area contributed by atoms with Crippen molar-refractivity contribution in [2.45, 2.75) is 32.2 Å². The third kappa shape index (κ3) is 4.35. The molecule has 1 unspecified atom stereocenters. The lowest BCUT2D eigenvalue weighted by Gasteiger charge is -2.36. The second-order valence-electron chi connectivity index (χ2n) is 8.42. The van der Waals surface area contributed by atoms with Gasteiger partial charge in [-0.3, -0.25) is 0 Å². The highest BCUT2D eigenvalue weighted by atomic mass is 19.1. The molecule has 1 aromatic heterocycles. The van der Waals surface area contributed by atoms with Crippen molar-refractivity contribution in [3.05, 3.63) is 83.2 Å². The van der Waals surface area contributed by atoms with Gasteiger partial charge in [-0.2, -0.15) is 0 Å². The number of aromatic nitrogens is 2. The molecular formula is C26H27FN4O2. The van der Waals surface area contributed by atoms with E-state index in [0.29, 0.717) is 6.61 Å². The molecule has 7 heteroatoms. The van der Waals surface area contributed by atoms with Crippen molar-refractivity contribution in [2.75, 3.05) is 20.3 Å². The van der Waals surface area contributed by atoms with Gasteiger partial charge in [0.15, 0.2) is 5.84 Å². The Morgan fingerprint density at radius 3 is 2.79 bits per heavy atom. The number of amidine groups is 1. The van der Waals surface area contributed by atoms with Crippen LogP contribution < -0.4 is 4.74 Å². The van der Waals surface area contributed by atoms with Gasteiger partial charge >= 0.3 is 0 Å². The first-order chi connectivity index (χ1) is 16.1. The number of nitrogens with zero attached hydrogens (tertiary/aromatic N) is 4. The number of aryl methyl sites for hydroxylation is 1. The Bertz CT molecular complexity index is 1200. The Hall–Kier alpha value is -3.61. The van der Waals surface area contributed by atoms with Crippen molar-refractivity contribution in [2.24, 2.45) is 5.16 Å². The quantitative estimate of drug-likeness (QED) is 0.547. The molecule has 0 bridgehead atoms. The molecule has 1 saturated heterocycles. The molecule has 0 aliphatic carbocycles. The molecule has 6 nitrogen and oxygen atoms in total. The van der Waals surface area contributed by atoms with Crippen LogP contribution in [0.4, 0.5) is 4.39 Å². The lowest BCUT2D eigenvalue weighted by atomic mass is 9.95. The average Bonchev–Trinajstić information content (AvgIpc) is 3.14. The maximum absolute atomic E-state index is 13.5. The van der Waals surface area contributed by atoms with Crippen LogP contribution in [0, 0.1) is 12.7 Å². The summed E-state index contributed by atoms with van der Waals surface area (Å²) in [5.41, 5.74) is 5.14. The van der Waals surface area contributed by atoms with Crippen molar-refractivity contribution in [1.82, 2.24) is 14.5 Å². The highest BCUT2D eigenvalue weighted by Gasteiger charge is 2.31. The number of hydrogen-bond donors (Lipinski definition) is 0. The Kier molecular flexibility index (Phi) is 5.86. The third-order valence-electron chi connectivity index (χ3n) is 6.20. The molecule has 3 heterocycles. The van der Waals surface area contributed by atoms with Gasteiger partial charge in [-0.1, -0.05) is 23.4 Å². The van der Waals surface area contributed by atoms with E-state index in [2.05, 4.69) is 27.2 Å². The lowest BCUT2D eigenvalue weighted by molar-refractivity contribution is 0.140. The summed E-state index contributed by atoms with van der Waals surface area (Å²) in [4.78, 5) is 12.2. The third-order valence-corrected chi connectivity index (χ3v) is 6.20. The Morgan fingerprint density at radius 1 is 1.18 bits per heavy atom. The summed E-state index contributed by atoms with van der Waals surface area (Å²) in [6.45, 7) is 3.39. The van der Waals surface area contributed by atoms with Crippen LogP contribution in [0.2, 0.25) is 0 Å². The number of imidazole rings is 1. The zero-order valence-corrected chi connectivity index (χ0v) is 18.9. The Morgan fingerprint density at radius 2 is 2.03 bits per heavy atom. The number of halogens is 1. The molecule has 0 saturated carbocycles. The molecule has 5 rings (SSSR count). The van der Waals surface area contributed by atoms with Crippen molar-refractivity contribution in [3.63, 3.8) is 0 Å². The first-order valence-electron chi connectivity index (χ1n) is 11.2. The number of methoxy groups -OCH3 is 1. The zero-order chi connectivity index (χ0) is 22.8. The second-order valence-corrected chi connectivity index (χ2v) is 8.42. The van der Waals surface area contributed by atoms with Crippen LogP contribution in [0.25, 0.3) is 11.8 Å². The fraction of sp³-hybridized carbons (Fsp3) is 0.308. The molecule has 2 aliphatic rings. The molecular weight excluding hydrogens is 419 g/mol. The summed E-state index contributed by atoms with van der Waals surface area (Å²) in [7, 11) is 1.68. The van der Waals surface area contributed by atoms with Crippen molar-refractivity contribution >= 4 is 11.9 Å². The molecule has 1 atom stereocenters. The normalized spacial score (nSPS) is 19.5. The smallest absolute Gasteiger partial charge is 0.171 e. The van der Waals surface area contributed by atoms with Crippen LogP contribution in [0.5, 0.6) is 5.75 Å². The van der Waals surface area contributed by atoms with Crippen LogP contribution in [0.15, 0.2) is 65.7 Å². The SMILES string of the molecule is COc1cc(/C=C2\CCCN3C2=NOCCC3c2ccc(F)cc2)ccc1-n1cnc(C)c1. The van der Waals surface area contributed by atoms with Gasteiger partial charge in [-0.05, 0) is 66.8 Å². The lowest BCUT2D eigenvalue weighted by Crippen LogP contribution is -2.39. The fourth-order valence-corrected chi connectivity index (χ4v) is 4.60. The van der Waals surface area contributed by atoms with Gasteiger partial charge in [-0.15, -0.1) is 0 Å². The van der Waals surface area contributed by atoms with E-state index in [1.54, 1.807) is 13.4 Å². The molecule has 0 spiro atoms. The molecule has 33 heavy (non-hydrogen) atoms. The Labute approximate surface area is 192 Å². The molecule has 3 aromatic rings. The topological polar surface area (TPSA) is 51.9 Å². The first-order valence-corrected chi connectivity index (χ1v) is 11.2. The van der Waals surface area contributed by atoms with Crippen LogP contribution in [0.3, 0.4) is 0 Å². The highest BCUT2D eigenvalue weighted by molar-refractivity contribution is 6.02. The average molecular weight is 447 g/mol. The number of rotatable bonds is 4. The van der Waals surface area contributed by atoms with E-state index in [9.17, 15) is 4.39 Å². The largest absolute Gasteiger partial charge is 0.495 e. The number of oxime groups is 1. The maximum atomic E-state index is 13.5. The predicted molar refractivity (Wildman–Crippen MR) is 126 cm³/mol. The zero-order valence-electron chi connectivity index (χ0n) is 18.9. The van der Waals surface area contributed by atoms with Crippen molar-refractivity contribution in [1.29, 1.82) is 0 Å². The number of ether oxygens (including phenoxy) is 1. The van der Waals surface area contributed by atoms with Gasteiger partial charge in [0.1, 0.15) is 18.2 Å². The minimum absolute atomic E-state index is 0.108. The molecule has 0 amide bonds. The van der Waals surface area contributed by atoms with E-state index in [1.165, 1.54) is 12.1 Å². The predicted octanol–water partition coefficient (Wildman–Crippen LogP) is 5.28. The fourth-order valence-electron chi connectivity index (χ4n) is 4.60. The van der Waals surface area contributed by atoms with Crippen LogP contribution >= 0.6 is 0 Å². The van der Waals surface area contributed by atoms with Crippen molar-refractivity contribution in [3.8, 4) is 11.4 Å². The number of benzene rings is 2. The summed E-state index contributed by atoms with van der Waals surface area (Å²) < 4.78 is 21.1. The van der Waals surface area contributed by atoms with E-state index in [4.69, 9.17) is 9.57 Å². The van der Waals surface area contributed by atoms with Crippen molar-refractivity contribution < 1.29 is 14.0 Å². The number of piperidine rings is 1. The first kappa shape index (κ1) is 21.2. The van der Waals surface area contributed by atoms with Crippen LogP contribution in [-0.4, -0.2) is 40.5 Å². The molecule has 1 fully saturated rings. The van der Waals surface area contributed by atoms with Gasteiger partial charge in [0.25, 0.3) is 0 Å². The molecule has 2 aromatic carbocycles. The highest BCUT2D eigenvalue weighted by Crippen LogP contribution is 2.34. The summed E-state index contributed by atoms with van der Waals surface area (Å²) in [5, 5.41) is 4.48. The van der Waals surface area contributed by atoms with E-state index >= 15 is 0 Å². The second kappa shape index (κ2) is 9.10. The molecule has 0 N–H and O–H groups in total. The van der Waals surface area contributed by atoms with E-state index in [-0.39, 0.29) is 11.9 Å². The van der Waals surface area contributed by atoms with Crippen LogP contribution in [-0.2, 0) is 4.84 Å². The van der Waals surface area contributed by atoms with Gasteiger partial charge in [-0.25, -0.2) is 9.37 Å². The number of fused-ring (bicyclic) bond motifs is 1. The minimum Gasteiger partial charge on any atom is -0.495 e. The monoisotopic (exact) mass is 446 g/mol. The standard InChI is InChI=1S/C26H27FN4O2/c1-18-16-30(17-28-18)24-10-5-19(15-25(24)32-2)14-21-4-3-12-31-23(11-13-33-29-26(21)31)20-6-8-22(27)9-7-20/h5-10,14-17,23H,3-4,11-13H2,1-2H3/b21-14+. The summed E-state index contributed by atoms with van der Waals surface area (Å²) in [5.74, 6) is 1.42. The van der Waals surface area contributed by atoms with E-state index in [1.807, 2.05) is 42.0 Å².